The molecule has 0 atom stereocenters. The molecule has 2 nitrogen and oxygen atoms in total. The molecule has 2 rings (SSSR count). The predicted octanol–water partition coefficient (Wildman–Crippen LogP) is 5.46. The van der Waals surface area contributed by atoms with Crippen molar-refractivity contribution in [3.8, 4) is 0 Å². The van der Waals surface area contributed by atoms with E-state index in [0.717, 1.165) is 11.1 Å². The fraction of sp³-hybridized carbons (Fsp3) is 0.235. The number of hydrogen-bond donors (Lipinski definition) is 0. The Morgan fingerprint density at radius 2 is 1.61 bits per heavy atom. The smallest absolute Gasteiger partial charge is 0.237 e. The highest BCUT2D eigenvalue weighted by atomic mass is 35.5. The molecular formula is C17H15Cl4NO. The molecule has 122 valence electrons. The van der Waals surface area contributed by atoms with E-state index >= 15 is 0 Å². The number of nitrogens with zero attached hydrogens (tertiary/aromatic N) is 1. The molecule has 23 heavy (non-hydrogen) atoms. The number of carbonyl (C=O) groups is 1. The minimum atomic E-state index is -0.119. The standard InChI is InChI=1S/C17H15Cl4NO/c18-10-17(23)22(11-12-1-4-14(19)5-2-12)8-7-13-3-6-15(20)9-16(13)21/h1-6,9H,7-8,10-11H2. The van der Waals surface area contributed by atoms with Gasteiger partial charge in [-0.05, 0) is 41.8 Å². The van der Waals surface area contributed by atoms with Crippen molar-refractivity contribution in [1.29, 1.82) is 0 Å². The van der Waals surface area contributed by atoms with Crippen LogP contribution in [0.5, 0.6) is 0 Å². The highest BCUT2D eigenvalue weighted by Gasteiger charge is 2.14. The van der Waals surface area contributed by atoms with Crippen molar-refractivity contribution < 1.29 is 4.79 Å². The second-order valence-electron chi connectivity index (χ2n) is 5.06. The molecule has 0 saturated carbocycles. The first-order valence-corrected chi connectivity index (χ1v) is 8.68. The summed E-state index contributed by atoms with van der Waals surface area (Å²) in [6, 6.07) is 12.8. The lowest BCUT2D eigenvalue weighted by Gasteiger charge is -2.22. The summed E-state index contributed by atoms with van der Waals surface area (Å²) >= 11 is 23.7. The van der Waals surface area contributed by atoms with Crippen molar-refractivity contribution in [3.05, 3.63) is 68.7 Å². The van der Waals surface area contributed by atoms with Gasteiger partial charge in [0.25, 0.3) is 0 Å². The molecular weight excluding hydrogens is 376 g/mol. The van der Waals surface area contributed by atoms with E-state index in [0.29, 0.717) is 34.6 Å². The van der Waals surface area contributed by atoms with Crippen LogP contribution in [0.4, 0.5) is 0 Å². The Balaban J connectivity index is 2.06. The lowest BCUT2D eigenvalue weighted by Crippen LogP contribution is -2.33. The van der Waals surface area contributed by atoms with Gasteiger partial charge in [-0.3, -0.25) is 4.79 Å². The third-order valence-electron chi connectivity index (χ3n) is 3.42. The van der Waals surface area contributed by atoms with E-state index in [4.69, 9.17) is 46.4 Å². The Hall–Kier alpha value is -0.930. The van der Waals surface area contributed by atoms with E-state index in [1.807, 2.05) is 18.2 Å². The molecule has 0 unspecified atom stereocenters. The number of alkyl halides is 1. The maximum Gasteiger partial charge on any atom is 0.237 e. The molecule has 2 aromatic rings. The average Bonchev–Trinajstić information content (AvgIpc) is 2.54. The van der Waals surface area contributed by atoms with Crippen LogP contribution in [-0.4, -0.2) is 23.2 Å². The zero-order chi connectivity index (χ0) is 16.8. The number of amides is 1. The molecule has 0 saturated heterocycles. The van der Waals surface area contributed by atoms with Crippen LogP contribution in [0.2, 0.25) is 15.1 Å². The Morgan fingerprint density at radius 3 is 2.22 bits per heavy atom. The highest BCUT2D eigenvalue weighted by molar-refractivity contribution is 6.35. The van der Waals surface area contributed by atoms with Gasteiger partial charge in [0, 0.05) is 28.2 Å². The van der Waals surface area contributed by atoms with Gasteiger partial charge < -0.3 is 4.90 Å². The van der Waals surface area contributed by atoms with Crippen LogP contribution >= 0.6 is 46.4 Å². The van der Waals surface area contributed by atoms with E-state index in [9.17, 15) is 4.79 Å². The minimum absolute atomic E-state index is 0.0536. The van der Waals surface area contributed by atoms with Crippen LogP contribution in [0.1, 0.15) is 11.1 Å². The van der Waals surface area contributed by atoms with Crippen LogP contribution in [0.25, 0.3) is 0 Å². The number of rotatable bonds is 6. The van der Waals surface area contributed by atoms with E-state index in [1.54, 1.807) is 29.2 Å². The average molecular weight is 391 g/mol. The van der Waals surface area contributed by atoms with Gasteiger partial charge in [-0.2, -0.15) is 0 Å². The van der Waals surface area contributed by atoms with Gasteiger partial charge in [0.15, 0.2) is 0 Å². The lowest BCUT2D eigenvalue weighted by molar-refractivity contribution is -0.129. The van der Waals surface area contributed by atoms with Crippen molar-refractivity contribution in [1.82, 2.24) is 4.90 Å². The summed E-state index contributed by atoms with van der Waals surface area (Å²) in [5.74, 6) is -0.172. The van der Waals surface area contributed by atoms with Crippen molar-refractivity contribution >= 4 is 52.3 Å². The van der Waals surface area contributed by atoms with E-state index in [2.05, 4.69) is 0 Å². The van der Waals surface area contributed by atoms with E-state index in [1.165, 1.54) is 0 Å². The maximum absolute atomic E-state index is 12.1. The largest absolute Gasteiger partial charge is 0.337 e. The van der Waals surface area contributed by atoms with Gasteiger partial charge in [0.05, 0.1) is 0 Å². The summed E-state index contributed by atoms with van der Waals surface area (Å²) in [4.78, 5) is 13.8. The van der Waals surface area contributed by atoms with Crippen LogP contribution in [0.15, 0.2) is 42.5 Å². The number of benzene rings is 2. The van der Waals surface area contributed by atoms with Crippen molar-refractivity contribution in [3.63, 3.8) is 0 Å². The minimum Gasteiger partial charge on any atom is -0.337 e. The quantitative estimate of drug-likeness (QED) is 0.600. The predicted molar refractivity (Wildman–Crippen MR) is 97.8 cm³/mol. The van der Waals surface area contributed by atoms with Gasteiger partial charge in [-0.1, -0.05) is 53.0 Å². The van der Waals surface area contributed by atoms with Crippen molar-refractivity contribution in [2.24, 2.45) is 0 Å². The molecule has 0 spiro atoms. The molecule has 0 bridgehead atoms. The normalized spacial score (nSPS) is 10.6. The first-order chi connectivity index (χ1) is 11.0. The van der Waals surface area contributed by atoms with Crippen LogP contribution < -0.4 is 0 Å². The van der Waals surface area contributed by atoms with E-state index < -0.39 is 0 Å². The first kappa shape index (κ1) is 18.4. The van der Waals surface area contributed by atoms with Gasteiger partial charge in [-0.15, -0.1) is 11.6 Å². The Morgan fingerprint density at radius 1 is 0.957 bits per heavy atom. The number of carbonyl (C=O) groups excluding carboxylic acids is 1. The lowest BCUT2D eigenvalue weighted by atomic mass is 10.1. The fourth-order valence-corrected chi connectivity index (χ4v) is 2.96. The molecule has 0 aliphatic rings. The monoisotopic (exact) mass is 389 g/mol. The van der Waals surface area contributed by atoms with Crippen molar-refractivity contribution in [2.75, 3.05) is 12.4 Å². The Bertz CT molecular complexity index is 673. The maximum atomic E-state index is 12.1. The molecule has 0 aliphatic carbocycles. The summed E-state index contributed by atoms with van der Waals surface area (Å²) < 4.78 is 0. The summed E-state index contributed by atoms with van der Waals surface area (Å²) in [7, 11) is 0. The van der Waals surface area contributed by atoms with Gasteiger partial charge >= 0.3 is 0 Å². The molecule has 0 radical (unpaired) electrons. The first-order valence-electron chi connectivity index (χ1n) is 7.01. The summed E-state index contributed by atoms with van der Waals surface area (Å²) in [5, 5.41) is 1.85. The van der Waals surface area contributed by atoms with E-state index in [-0.39, 0.29) is 11.8 Å². The third kappa shape index (κ3) is 5.58. The Kier molecular flexibility index (Phi) is 7.04. The molecule has 0 heterocycles. The van der Waals surface area contributed by atoms with Gasteiger partial charge in [0.1, 0.15) is 5.88 Å². The highest BCUT2D eigenvalue weighted by Crippen LogP contribution is 2.22. The topological polar surface area (TPSA) is 20.3 Å². The second kappa shape index (κ2) is 8.79. The van der Waals surface area contributed by atoms with Crippen LogP contribution in [-0.2, 0) is 17.8 Å². The number of halogens is 4. The summed E-state index contributed by atoms with van der Waals surface area (Å²) in [5.41, 5.74) is 1.94. The Labute approximate surface area is 155 Å². The summed E-state index contributed by atoms with van der Waals surface area (Å²) in [6.07, 6.45) is 0.631. The van der Waals surface area contributed by atoms with Crippen LogP contribution in [0, 0.1) is 0 Å². The molecule has 6 heteroatoms. The molecule has 0 fully saturated rings. The van der Waals surface area contributed by atoms with Gasteiger partial charge in [-0.25, -0.2) is 0 Å². The van der Waals surface area contributed by atoms with Gasteiger partial charge in [0.2, 0.25) is 5.91 Å². The zero-order valence-corrected chi connectivity index (χ0v) is 15.3. The second-order valence-corrected chi connectivity index (χ2v) is 6.61. The molecule has 0 N–H and O–H groups in total. The fourth-order valence-electron chi connectivity index (χ4n) is 2.17. The molecule has 0 aromatic heterocycles. The zero-order valence-electron chi connectivity index (χ0n) is 12.2. The molecule has 2 aromatic carbocycles. The molecule has 1 amide bonds. The van der Waals surface area contributed by atoms with Crippen LogP contribution in [0.3, 0.4) is 0 Å². The molecule has 0 aliphatic heterocycles. The van der Waals surface area contributed by atoms with Crippen molar-refractivity contribution in [2.45, 2.75) is 13.0 Å². The third-order valence-corrected chi connectivity index (χ3v) is 4.49. The summed E-state index contributed by atoms with van der Waals surface area (Å²) in [6.45, 7) is 1.00. The SMILES string of the molecule is O=C(CCl)N(CCc1ccc(Cl)cc1Cl)Cc1ccc(Cl)cc1. The number of hydrogen-bond acceptors (Lipinski definition) is 1.